The lowest BCUT2D eigenvalue weighted by Gasteiger charge is -2.35. The van der Waals surface area contributed by atoms with Crippen molar-refractivity contribution in [2.45, 2.75) is 16.7 Å². The molecule has 0 radical (unpaired) electrons. The quantitative estimate of drug-likeness (QED) is 0.736. The van der Waals surface area contributed by atoms with E-state index in [1.807, 2.05) is 0 Å². The van der Waals surface area contributed by atoms with Gasteiger partial charge in [-0.05, 0) is 42.5 Å². The number of sulfonamides is 1. The molecule has 8 nitrogen and oxygen atoms in total. The van der Waals surface area contributed by atoms with Crippen LogP contribution in [0.1, 0.15) is 6.92 Å². The third kappa shape index (κ3) is 4.79. The number of hydrogen-bond acceptors (Lipinski definition) is 6. The number of rotatable bonds is 5. The summed E-state index contributed by atoms with van der Waals surface area (Å²) in [6, 6.07) is 9.61. The second kappa shape index (κ2) is 8.32. The van der Waals surface area contributed by atoms with E-state index < -0.39 is 25.7 Å². The summed E-state index contributed by atoms with van der Waals surface area (Å²) in [6.07, 6.45) is 1.01. The van der Waals surface area contributed by atoms with Gasteiger partial charge < -0.3 is 10.2 Å². The lowest BCUT2D eigenvalue weighted by molar-refractivity contribution is -0.114. The van der Waals surface area contributed by atoms with Gasteiger partial charge in [-0.2, -0.15) is 4.31 Å². The van der Waals surface area contributed by atoms with Crippen molar-refractivity contribution < 1.29 is 26.0 Å². The lowest BCUT2D eigenvalue weighted by Crippen LogP contribution is -2.48. The Morgan fingerprint density at radius 3 is 2.00 bits per heavy atom. The molecule has 2 aromatic rings. The summed E-state index contributed by atoms with van der Waals surface area (Å²) in [7, 11) is -7.24. The maximum absolute atomic E-state index is 14.4. The SMILES string of the molecule is CC(=O)Nc1ccc(S(=O)(=O)N2CCN(c3ccc(S(C)(=O)=O)cc3F)CC2)cc1. The maximum atomic E-state index is 14.4. The standard InChI is InChI=1S/C19H22FN3O5S2/c1-14(24)21-15-3-5-16(6-4-15)30(27,28)23-11-9-22(10-12-23)19-8-7-17(13-18(19)20)29(2,25)26/h3-8,13H,9-12H2,1-2H3,(H,21,24). The van der Waals surface area contributed by atoms with E-state index in [2.05, 4.69) is 5.32 Å². The number of piperazine rings is 1. The van der Waals surface area contributed by atoms with E-state index in [0.29, 0.717) is 5.69 Å². The highest BCUT2D eigenvalue weighted by Gasteiger charge is 2.29. The van der Waals surface area contributed by atoms with Crippen LogP contribution >= 0.6 is 0 Å². The molecular weight excluding hydrogens is 433 g/mol. The van der Waals surface area contributed by atoms with Crippen LogP contribution in [0.5, 0.6) is 0 Å². The van der Waals surface area contributed by atoms with Crippen LogP contribution in [-0.4, -0.2) is 59.5 Å². The number of anilines is 2. The lowest BCUT2D eigenvalue weighted by atomic mass is 10.2. The molecule has 0 saturated carbocycles. The van der Waals surface area contributed by atoms with Crippen LogP contribution in [0.25, 0.3) is 0 Å². The smallest absolute Gasteiger partial charge is 0.243 e. The summed E-state index contributed by atoms with van der Waals surface area (Å²) in [4.78, 5) is 12.8. The van der Waals surface area contributed by atoms with E-state index in [1.54, 1.807) is 4.90 Å². The van der Waals surface area contributed by atoms with Crippen LogP contribution in [-0.2, 0) is 24.7 Å². The van der Waals surface area contributed by atoms with Gasteiger partial charge in [0.2, 0.25) is 15.9 Å². The fraction of sp³-hybridized carbons (Fsp3) is 0.316. The van der Waals surface area contributed by atoms with E-state index in [9.17, 15) is 26.0 Å². The second-order valence-corrected chi connectivity index (χ2v) is 10.9. The van der Waals surface area contributed by atoms with Crippen LogP contribution in [0.3, 0.4) is 0 Å². The van der Waals surface area contributed by atoms with Gasteiger partial charge in [0.05, 0.1) is 15.5 Å². The van der Waals surface area contributed by atoms with Crippen LogP contribution in [0.15, 0.2) is 52.3 Å². The van der Waals surface area contributed by atoms with Gasteiger partial charge in [0, 0.05) is 45.0 Å². The Morgan fingerprint density at radius 2 is 1.50 bits per heavy atom. The van der Waals surface area contributed by atoms with Crippen molar-refractivity contribution in [1.29, 1.82) is 0 Å². The summed E-state index contributed by atoms with van der Waals surface area (Å²) in [5.74, 6) is -0.915. The maximum Gasteiger partial charge on any atom is 0.243 e. The average Bonchev–Trinajstić information content (AvgIpc) is 2.67. The van der Waals surface area contributed by atoms with Gasteiger partial charge in [0.25, 0.3) is 0 Å². The first-order chi connectivity index (χ1) is 14.0. The molecule has 1 fully saturated rings. The van der Waals surface area contributed by atoms with Crippen molar-refractivity contribution in [3.63, 3.8) is 0 Å². The molecule has 1 heterocycles. The van der Waals surface area contributed by atoms with Gasteiger partial charge in [-0.25, -0.2) is 21.2 Å². The van der Waals surface area contributed by atoms with E-state index in [-0.39, 0.29) is 47.6 Å². The summed E-state index contributed by atoms with van der Waals surface area (Å²) >= 11 is 0. The number of carbonyl (C=O) groups is 1. The molecule has 0 bridgehead atoms. The number of nitrogens with one attached hydrogen (secondary N) is 1. The molecular formula is C19H22FN3O5S2. The van der Waals surface area contributed by atoms with Crippen molar-refractivity contribution in [2.24, 2.45) is 0 Å². The van der Waals surface area contributed by atoms with Gasteiger partial charge in [-0.1, -0.05) is 0 Å². The molecule has 0 unspecified atom stereocenters. The number of hydrogen-bond donors (Lipinski definition) is 1. The normalized spacial score (nSPS) is 15.8. The van der Waals surface area contributed by atoms with Gasteiger partial charge in [-0.3, -0.25) is 4.79 Å². The molecule has 1 N–H and O–H groups in total. The Labute approximate surface area is 175 Å². The molecule has 0 aliphatic carbocycles. The number of carbonyl (C=O) groups excluding carboxylic acids is 1. The number of benzene rings is 2. The highest BCUT2D eigenvalue weighted by atomic mass is 32.2. The van der Waals surface area contributed by atoms with Crippen LogP contribution in [0.2, 0.25) is 0 Å². The van der Waals surface area contributed by atoms with E-state index >= 15 is 0 Å². The van der Waals surface area contributed by atoms with Crippen LogP contribution < -0.4 is 10.2 Å². The molecule has 1 aliphatic rings. The average molecular weight is 456 g/mol. The Kier molecular flexibility index (Phi) is 6.16. The number of amides is 1. The van der Waals surface area contributed by atoms with Gasteiger partial charge in [0.15, 0.2) is 9.84 Å². The van der Waals surface area contributed by atoms with E-state index in [4.69, 9.17) is 0 Å². The van der Waals surface area contributed by atoms with E-state index in [0.717, 1.165) is 12.3 Å². The van der Waals surface area contributed by atoms with Crippen molar-refractivity contribution in [3.8, 4) is 0 Å². The predicted octanol–water partition coefficient (Wildman–Crippen LogP) is 1.70. The molecule has 11 heteroatoms. The van der Waals surface area contributed by atoms with Crippen molar-refractivity contribution in [3.05, 3.63) is 48.3 Å². The van der Waals surface area contributed by atoms with Gasteiger partial charge >= 0.3 is 0 Å². The molecule has 2 aromatic carbocycles. The van der Waals surface area contributed by atoms with Crippen molar-refractivity contribution in [1.82, 2.24) is 4.31 Å². The highest BCUT2D eigenvalue weighted by Crippen LogP contribution is 2.26. The molecule has 0 spiro atoms. The third-order valence-corrected chi connectivity index (χ3v) is 7.76. The Bertz CT molecular complexity index is 1160. The second-order valence-electron chi connectivity index (χ2n) is 6.98. The minimum Gasteiger partial charge on any atom is -0.367 e. The zero-order valence-electron chi connectivity index (χ0n) is 16.5. The zero-order chi connectivity index (χ0) is 22.1. The summed E-state index contributed by atoms with van der Waals surface area (Å²) in [5, 5.41) is 2.58. The molecule has 1 saturated heterocycles. The van der Waals surface area contributed by atoms with E-state index in [1.165, 1.54) is 47.6 Å². The Morgan fingerprint density at radius 1 is 0.933 bits per heavy atom. The first-order valence-corrected chi connectivity index (χ1v) is 12.4. The molecule has 1 amide bonds. The molecule has 162 valence electrons. The largest absolute Gasteiger partial charge is 0.367 e. The first-order valence-electron chi connectivity index (χ1n) is 9.11. The topological polar surface area (TPSA) is 104 Å². The van der Waals surface area contributed by atoms with Crippen LogP contribution in [0, 0.1) is 5.82 Å². The van der Waals surface area contributed by atoms with Gasteiger partial charge in [0.1, 0.15) is 5.82 Å². The molecule has 0 aromatic heterocycles. The predicted molar refractivity (Wildman–Crippen MR) is 111 cm³/mol. The monoisotopic (exact) mass is 455 g/mol. The summed E-state index contributed by atoms with van der Waals surface area (Å²) < 4.78 is 64.6. The number of nitrogens with zero attached hydrogens (tertiary/aromatic N) is 2. The summed E-state index contributed by atoms with van der Waals surface area (Å²) in [5.41, 5.74) is 0.735. The first kappa shape index (κ1) is 22.2. The minimum absolute atomic E-state index is 0.104. The zero-order valence-corrected chi connectivity index (χ0v) is 18.1. The number of sulfone groups is 1. The molecule has 0 atom stereocenters. The third-order valence-electron chi connectivity index (χ3n) is 4.74. The fourth-order valence-corrected chi connectivity index (χ4v) is 5.26. The number of halogens is 1. The summed E-state index contributed by atoms with van der Waals surface area (Å²) in [6.45, 7) is 2.20. The van der Waals surface area contributed by atoms with Crippen molar-refractivity contribution >= 4 is 37.1 Å². The Balaban J connectivity index is 1.71. The molecule has 3 rings (SSSR count). The fourth-order valence-electron chi connectivity index (χ4n) is 3.21. The van der Waals surface area contributed by atoms with Gasteiger partial charge in [-0.15, -0.1) is 0 Å². The van der Waals surface area contributed by atoms with Crippen LogP contribution in [0.4, 0.5) is 15.8 Å². The molecule has 1 aliphatic heterocycles. The Hall–Kier alpha value is -2.50. The van der Waals surface area contributed by atoms with Crippen molar-refractivity contribution in [2.75, 3.05) is 42.7 Å². The molecule has 30 heavy (non-hydrogen) atoms. The highest BCUT2D eigenvalue weighted by molar-refractivity contribution is 7.90. The minimum atomic E-state index is -3.73.